The lowest BCUT2D eigenvalue weighted by molar-refractivity contribution is 0.184. The molecule has 0 atom stereocenters. The summed E-state index contributed by atoms with van der Waals surface area (Å²) in [6, 6.07) is 0. The van der Waals surface area contributed by atoms with Crippen molar-refractivity contribution in [2.45, 2.75) is 13.2 Å². The third kappa shape index (κ3) is 5.78. The number of hydrogen-bond acceptors (Lipinski definition) is 9. The van der Waals surface area contributed by atoms with E-state index in [0.29, 0.717) is 18.3 Å². The standard InChI is InChI=1S/C4H5BrN2OS.C4H7N3OS/c2*1-8-2-3-6-7-4(5)9-3/h2H2,1H3;2H2,1H3,(H2,5,7). The molecule has 0 radical (unpaired) electrons. The highest BCUT2D eigenvalue weighted by molar-refractivity contribution is 9.11. The minimum atomic E-state index is 0.488. The molecule has 0 aromatic carbocycles. The van der Waals surface area contributed by atoms with Gasteiger partial charge in [0.25, 0.3) is 0 Å². The first-order chi connectivity index (χ1) is 8.65. The van der Waals surface area contributed by atoms with Crippen LogP contribution in [0, 0.1) is 0 Å². The van der Waals surface area contributed by atoms with Gasteiger partial charge in [-0.05, 0) is 15.9 Å². The molecule has 0 aliphatic heterocycles. The molecule has 0 amide bonds. The molecule has 18 heavy (non-hydrogen) atoms. The highest BCUT2D eigenvalue weighted by atomic mass is 79.9. The van der Waals surface area contributed by atoms with E-state index in [-0.39, 0.29) is 0 Å². The molecule has 2 rings (SSSR count). The Morgan fingerprint density at radius 2 is 1.56 bits per heavy atom. The lowest BCUT2D eigenvalue weighted by Gasteiger charge is -1.86. The van der Waals surface area contributed by atoms with Crippen molar-refractivity contribution in [3.8, 4) is 0 Å². The van der Waals surface area contributed by atoms with Gasteiger partial charge >= 0.3 is 0 Å². The summed E-state index contributed by atoms with van der Waals surface area (Å²) in [5.74, 6) is 0. The second-order valence-corrected chi connectivity index (χ2v) is 6.28. The fraction of sp³-hybridized carbons (Fsp3) is 0.500. The van der Waals surface area contributed by atoms with Crippen LogP contribution in [0.4, 0.5) is 5.13 Å². The van der Waals surface area contributed by atoms with Crippen molar-refractivity contribution in [3.05, 3.63) is 13.9 Å². The van der Waals surface area contributed by atoms with Crippen molar-refractivity contribution in [2.24, 2.45) is 0 Å². The summed E-state index contributed by atoms with van der Waals surface area (Å²) in [6.07, 6.45) is 0. The summed E-state index contributed by atoms with van der Waals surface area (Å²) in [7, 11) is 3.24. The molecule has 7 nitrogen and oxygen atoms in total. The van der Waals surface area contributed by atoms with Crippen molar-refractivity contribution in [2.75, 3.05) is 20.0 Å². The first-order valence-electron chi connectivity index (χ1n) is 4.69. The maximum Gasteiger partial charge on any atom is 0.203 e. The van der Waals surface area contributed by atoms with Gasteiger partial charge in [-0.25, -0.2) is 0 Å². The first kappa shape index (κ1) is 15.4. The monoisotopic (exact) mass is 353 g/mol. The van der Waals surface area contributed by atoms with Gasteiger partial charge < -0.3 is 15.2 Å². The quantitative estimate of drug-likeness (QED) is 0.893. The van der Waals surface area contributed by atoms with Crippen LogP contribution in [0.5, 0.6) is 0 Å². The smallest absolute Gasteiger partial charge is 0.203 e. The van der Waals surface area contributed by atoms with Crippen LogP contribution in [0.15, 0.2) is 3.92 Å². The Morgan fingerprint density at radius 3 is 1.94 bits per heavy atom. The van der Waals surface area contributed by atoms with Crippen molar-refractivity contribution < 1.29 is 9.47 Å². The molecule has 10 heteroatoms. The predicted octanol–water partition coefficient (Wildman–Crippen LogP) is 1.71. The molecule has 0 saturated heterocycles. The van der Waals surface area contributed by atoms with Crippen LogP contribution in [0.2, 0.25) is 0 Å². The Kier molecular flexibility index (Phi) is 7.20. The SMILES string of the molecule is COCc1nnc(Br)s1.COCc1nnc(N)s1. The van der Waals surface area contributed by atoms with E-state index in [9.17, 15) is 0 Å². The van der Waals surface area contributed by atoms with E-state index in [4.69, 9.17) is 15.2 Å². The number of nitrogens with two attached hydrogens (primary N) is 1. The molecule has 0 saturated carbocycles. The first-order valence-corrected chi connectivity index (χ1v) is 7.12. The summed E-state index contributed by atoms with van der Waals surface area (Å²) in [4.78, 5) is 0. The van der Waals surface area contributed by atoms with Gasteiger partial charge in [0, 0.05) is 14.2 Å². The molecule has 100 valence electrons. The number of methoxy groups -OCH3 is 2. The highest BCUT2D eigenvalue weighted by Gasteiger charge is 1.98. The molecule has 2 aromatic heterocycles. The van der Waals surface area contributed by atoms with Crippen LogP contribution in [0.25, 0.3) is 0 Å². The van der Waals surface area contributed by atoms with Gasteiger partial charge in [-0.2, -0.15) is 0 Å². The molecular formula is C8H12BrN5O2S2. The average molecular weight is 354 g/mol. The Morgan fingerprint density at radius 1 is 1.00 bits per heavy atom. The van der Waals surface area contributed by atoms with E-state index in [1.807, 2.05) is 0 Å². The van der Waals surface area contributed by atoms with Crippen LogP contribution >= 0.6 is 38.6 Å². The third-order valence-electron chi connectivity index (χ3n) is 1.46. The minimum Gasteiger partial charge on any atom is -0.377 e. The minimum absolute atomic E-state index is 0.488. The average Bonchev–Trinajstić information content (AvgIpc) is 2.90. The molecule has 2 heterocycles. The fourth-order valence-electron chi connectivity index (χ4n) is 0.863. The Labute approximate surface area is 120 Å². The summed E-state index contributed by atoms with van der Waals surface area (Å²) in [5, 5.41) is 17.1. The van der Waals surface area contributed by atoms with E-state index in [1.165, 1.54) is 22.7 Å². The zero-order chi connectivity index (χ0) is 13.4. The summed E-state index contributed by atoms with van der Waals surface area (Å²) < 4.78 is 10.4. The zero-order valence-electron chi connectivity index (χ0n) is 9.79. The Balaban J connectivity index is 0.000000180. The van der Waals surface area contributed by atoms with Crippen LogP contribution in [-0.2, 0) is 22.7 Å². The van der Waals surface area contributed by atoms with E-state index in [0.717, 1.165) is 13.9 Å². The molecule has 0 spiro atoms. The van der Waals surface area contributed by atoms with Crippen LogP contribution < -0.4 is 5.73 Å². The summed E-state index contributed by atoms with van der Waals surface area (Å²) >= 11 is 6.02. The number of nitrogens with zero attached hydrogens (tertiary/aromatic N) is 4. The van der Waals surface area contributed by atoms with Crippen LogP contribution in [0.3, 0.4) is 0 Å². The van der Waals surface area contributed by atoms with E-state index >= 15 is 0 Å². The van der Waals surface area contributed by atoms with Crippen molar-refractivity contribution in [1.29, 1.82) is 0 Å². The van der Waals surface area contributed by atoms with Crippen molar-refractivity contribution >= 4 is 43.7 Å². The number of aromatic nitrogens is 4. The van der Waals surface area contributed by atoms with Gasteiger partial charge in [-0.15, -0.1) is 20.4 Å². The van der Waals surface area contributed by atoms with E-state index < -0.39 is 0 Å². The molecule has 2 N–H and O–H groups in total. The molecular weight excluding hydrogens is 342 g/mol. The summed E-state index contributed by atoms with van der Waals surface area (Å²) in [5.41, 5.74) is 5.30. The van der Waals surface area contributed by atoms with Gasteiger partial charge in [0.2, 0.25) is 5.13 Å². The predicted molar refractivity (Wildman–Crippen MR) is 73.4 cm³/mol. The zero-order valence-corrected chi connectivity index (χ0v) is 13.0. The lowest BCUT2D eigenvalue weighted by atomic mass is 10.8. The largest absolute Gasteiger partial charge is 0.377 e. The Hall–Kier alpha value is -0.680. The highest BCUT2D eigenvalue weighted by Crippen LogP contribution is 2.15. The lowest BCUT2D eigenvalue weighted by Crippen LogP contribution is -1.84. The molecule has 0 bridgehead atoms. The maximum absolute atomic E-state index is 5.30. The second-order valence-electron chi connectivity index (χ2n) is 2.85. The van der Waals surface area contributed by atoms with Crippen molar-refractivity contribution in [1.82, 2.24) is 20.4 Å². The number of anilines is 1. The molecule has 0 fully saturated rings. The van der Waals surface area contributed by atoms with Crippen molar-refractivity contribution in [3.63, 3.8) is 0 Å². The molecule has 0 unspecified atom stereocenters. The van der Waals surface area contributed by atoms with Gasteiger partial charge in [-0.1, -0.05) is 22.7 Å². The number of ether oxygens (including phenoxy) is 2. The van der Waals surface area contributed by atoms with Gasteiger partial charge in [0.1, 0.15) is 16.6 Å². The molecule has 0 aliphatic rings. The Bertz CT molecular complexity index is 422. The van der Waals surface area contributed by atoms with Gasteiger partial charge in [-0.3, -0.25) is 0 Å². The molecule has 2 aromatic rings. The fourth-order valence-corrected chi connectivity index (χ4v) is 2.62. The number of hydrogen-bond donors (Lipinski definition) is 1. The second kappa shape index (κ2) is 8.43. The normalized spacial score (nSPS) is 9.94. The molecule has 0 aliphatic carbocycles. The van der Waals surface area contributed by atoms with E-state index in [1.54, 1.807) is 14.2 Å². The topological polar surface area (TPSA) is 96.0 Å². The van der Waals surface area contributed by atoms with Crippen LogP contribution in [-0.4, -0.2) is 34.6 Å². The number of nitrogen functional groups attached to an aromatic ring is 1. The third-order valence-corrected chi connectivity index (χ3v) is 3.52. The van der Waals surface area contributed by atoms with Gasteiger partial charge in [0.15, 0.2) is 3.92 Å². The van der Waals surface area contributed by atoms with Crippen LogP contribution in [0.1, 0.15) is 10.0 Å². The van der Waals surface area contributed by atoms with Gasteiger partial charge in [0.05, 0.1) is 6.61 Å². The van der Waals surface area contributed by atoms with E-state index in [2.05, 4.69) is 36.3 Å². The summed E-state index contributed by atoms with van der Waals surface area (Å²) in [6.45, 7) is 1.04. The maximum atomic E-state index is 5.30. The number of rotatable bonds is 4. The number of halogens is 1.